The largest absolute Gasteiger partial charge is 0.315 e. The van der Waals surface area contributed by atoms with E-state index >= 15 is 0 Å². The number of hydrogen-bond acceptors (Lipinski definition) is 3. The number of halogens is 1. The van der Waals surface area contributed by atoms with Crippen molar-refractivity contribution in [2.75, 3.05) is 13.1 Å². The summed E-state index contributed by atoms with van der Waals surface area (Å²) in [6.45, 7) is 7.50. The third-order valence-electron chi connectivity index (χ3n) is 2.15. The molecule has 1 aromatic rings. The Morgan fingerprint density at radius 2 is 2.33 bits per heavy atom. The maximum atomic E-state index is 3.49. The van der Waals surface area contributed by atoms with Gasteiger partial charge < -0.3 is 10.6 Å². The number of thiophene rings is 1. The fourth-order valence-electron chi connectivity index (χ4n) is 1.30. The van der Waals surface area contributed by atoms with Crippen LogP contribution in [0.4, 0.5) is 0 Å². The van der Waals surface area contributed by atoms with Crippen LogP contribution < -0.4 is 10.6 Å². The number of rotatable bonds is 7. The van der Waals surface area contributed by atoms with Crippen molar-refractivity contribution in [2.45, 2.75) is 32.9 Å². The molecule has 4 heteroatoms. The van der Waals surface area contributed by atoms with Crippen molar-refractivity contribution in [1.82, 2.24) is 10.6 Å². The van der Waals surface area contributed by atoms with Crippen molar-refractivity contribution >= 4 is 27.3 Å². The number of hydrogen-bond donors (Lipinski definition) is 2. The molecule has 1 atom stereocenters. The molecule has 0 aromatic carbocycles. The van der Waals surface area contributed by atoms with Crippen molar-refractivity contribution in [2.24, 2.45) is 0 Å². The SMILES string of the molecule is CCCNCC(C)NCc1csc(Br)c1. The quantitative estimate of drug-likeness (QED) is 0.755. The highest BCUT2D eigenvalue weighted by atomic mass is 79.9. The van der Waals surface area contributed by atoms with E-state index in [9.17, 15) is 0 Å². The Labute approximate surface area is 105 Å². The van der Waals surface area contributed by atoms with Crippen LogP contribution in [0.2, 0.25) is 0 Å². The van der Waals surface area contributed by atoms with Gasteiger partial charge >= 0.3 is 0 Å². The van der Waals surface area contributed by atoms with Crippen molar-refractivity contribution in [3.8, 4) is 0 Å². The summed E-state index contributed by atoms with van der Waals surface area (Å²) in [5.74, 6) is 0. The van der Waals surface area contributed by atoms with E-state index in [1.807, 2.05) is 0 Å². The second kappa shape index (κ2) is 7.39. The molecular weight excluding hydrogens is 272 g/mol. The molecule has 0 bridgehead atoms. The lowest BCUT2D eigenvalue weighted by molar-refractivity contribution is 0.501. The first-order valence-corrected chi connectivity index (χ1v) is 7.06. The Bertz CT molecular complexity index is 275. The molecule has 0 radical (unpaired) electrons. The van der Waals surface area contributed by atoms with Crippen molar-refractivity contribution in [3.63, 3.8) is 0 Å². The molecule has 1 aromatic heterocycles. The monoisotopic (exact) mass is 290 g/mol. The van der Waals surface area contributed by atoms with Gasteiger partial charge in [-0.1, -0.05) is 6.92 Å². The summed E-state index contributed by atoms with van der Waals surface area (Å²) >= 11 is 5.21. The summed E-state index contributed by atoms with van der Waals surface area (Å²) in [6, 6.07) is 2.69. The van der Waals surface area contributed by atoms with Crippen LogP contribution in [0.5, 0.6) is 0 Å². The smallest absolute Gasteiger partial charge is 0.0701 e. The summed E-state index contributed by atoms with van der Waals surface area (Å²) in [4.78, 5) is 0. The predicted octanol–water partition coefficient (Wildman–Crippen LogP) is 2.99. The Morgan fingerprint density at radius 3 is 2.93 bits per heavy atom. The Morgan fingerprint density at radius 1 is 1.53 bits per heavy atom. The van der Waals surface area contributed by atoms with E-state index in [-0.39, 0.29) is 0 Å². The van der Waals surface area contributed by atoms with Gasteiger partial charge in [-0.3, -0.25) is 0 Å². The van der Waals surface area contributed by atoms with E-state index < -0.39 is 0 Å². The lowest BCUT2D eigenvalue weighted by atomic mass is 10.3. The van der Waals surface area contributed by atoms with Crippen molar-refractivity contribution in [3.05, 3.63) is 20.8 Å². The van der Waals surface area contributed by atoms with Crippen molar-refractivity contribution in [1.29, 1.82) is 0 Å². The molecule has 0 aliphatic rings. The second-order valence-corrected chi connectivity index (χ2v) is 6.04. The molecule has 0 saturated heterocycles. The average molecular weight is 291 g/mol. The molecule has 2 nitrogen and oxygen atoms in total. The molecule has 0 saturated carbocycles. The molecule has 0 spiro atoms. The summed E-state index contributed by atoms with van der Waals surface area (Å²) in [5.41, 5.74) is 1.36. The zero-order valence-electron chi connectivity index (χ0n) is 9.35. The first-order valence-electron chi connectivity index (χ1n) is 5.39. The van der Waals surface area contributed by atoms with Crippen LogP contribution in [0.15, 0.2) is 15.2 Å². The fourth-order valence-corrected chi connectivity index (χ4v) is 2.51. The molecule has 86 valence electrons. The molecule has 15 heavy (non-hydrogen) atoms. The molecule has 1 rings (SSSR count). The highest BCUT2D eigenvalue weighted by molar-refractivity contribution is 9.11. The zero-order valence-corrected chi connectivity index (χ0v) is 11.7. The maximum absolute atomic E-state index is 3.49. The van der Waals surface area contributed by atoms with Crippen LogP contribution in [-0.2, 0) is 6.54 Å². The van der Waals surface area contributed by atoms with Crippen LogP contribution in [0.25, 0.3) is 0 Å². The first kappa shape index (κ1) is 13.2. The molecule has 0 fully saturated rings. The minimum atomic E-state index is 0.523. The average Bonchev–Trinajstić information content (AvgIpc) is 2.62. The molecule has 0 aliphatic heterocycles. The van der Waals surface area contributed by atoms with Crippen LogP contribution in [0, 0.1) is 0 Å². The Balaban J connectivity index is 2.13. The zero-order chi connectivity index (χ0) is 11.1. The molecule has 1 heterocycles. The van der Waals surface area contributed by atoms with E-state index in [1.54, 1.807) is 11.3 Å². The van der Waals surface area contributed by atoms with Crippen LogP contribution >= 0.6 is 27.3 Å². The van der Waals surface area contributed by atoms with Gasteiger partial charge in [-0.05, 0) is 52.8 Å². The van der Waals surface area contributed by atoms with Crippen LogP contribution in [0.1, 0.15) is 25.8 Å². The molecule has 2 N–H and O–H groups in total. The second-order valence-electron chi connectivity index (χ2n) is 3.75. The molecule has 1 unspecified atom stereocenters. The van der Waals surface area contributed by atoms with Gasteiger partial charge in [-0.25, -0.2) is 0 Å². The minimum Gasteiger partial charge on any atom is -0.315 e. The van der Waals surface area contributed by atoms with Gasteiger partial charge in [0.25, 0.3) is 0 Å². The standard InChI is InChI=1S/C11H19BrN2S/c1-3-4-13-6-9(2)14-7-10-5-11(12)15-8-10/h5,8-9,13-14H,3-4,6-7H2,1-2H3. The molecule has 0 amide bonds. The number of nitrogens with one attached hydrogen (secondary N) is 2. The van der Waals surface area contributed by atoms with E-state index in [0.717, 1.165) is 19.6 Å². The first-order chi connectivity index (χ1) is 7.22. The lowest BCUT2D eigenvalue weighted by Gasteiger charge is -2.13. The lowest BCUT2D eigenvalue weighted by Crippen LogP contribution is -2.36. The Hall–Kier alpha value is 0.100. The maximum Gasteiger partial charge on any atom is 0.0701 e. The fraction of sp³-hybridized carbons (Fsp3) is 0.636. The topological polar surface area (TPSA) is 24.1 Å². The van der Waals surface area contributed by atoms with E-state index in [2.05, 4.69) is 51.9 Å². The van der Waals surface area contributed by atoms with Gasteiger partial charge in [-0.2, -0.15) is 0 Å². The summed E-state index contributed by atoms with van der Waals surface area (Å²) in [7, 11) is 0. The third-order valence-corrected chi connectivity index (χ3v) is 3.71. The van der Waals surface area contributed by atoms with Crippen LogP contribution in [0.3, 0.4) is 0 Å². The highest BCUT2D eigenvalue weighted by Crippen LogP contribution is 2.20. The van der Waals surface area contributed by atoms with Gasteiger partial charge in [0.2, 0.25) is 0 Å². The van der Waals surface area contributed by atoms with Gasteiger partial charge in [0.05, 0.1) is 3.79 Å². The summed E-state index contributed by atoms with van der Waals surface area (Å²) in [5, 5.41) is 9.09. The third kappa shape index (κ3) is 5.66. The predicted molar refractivity (Wildman–Crippen MR) is 71.5 cm³/mol. The Kier molecular flexibility index (Phi) is 6.48. The van der Waals surface area contributed by atoms with Gasteiger partial charge in [0, 0.05) is 19.1 Å². The molecular formula is C11H19BrN2S. The van der Waals surface area contributed by atoms with Crippen LogP contribution in [-0.4, -0.2) is 19.1 Å². The summed E-state index contributed by atoms with van der Waals surface area (Å²) in [6.07, 6.45) is 1.20. The van der Waals surface area contributed by atoms with Gasteiger partial charge in [-0.15, -0.1) is 11.3 Å². The van der Waals surface area contributed by atoms with E-state index in [0.29, 0.717) is 6.04 Å². The van der Waals surface area contributed by atoms with Gasteiger partial charge in [0.15, 0.2) is 0 Å². The highest BCUT2D eigenvalue weighted by Gasteiger charge is 2.01. The minimum absolute atomic E-state index is 0.523. The molecule has 0 aliphatic carbocycles. The normalized spacial score (nSPS) is 13.0. The van der Waals surface area contributed by atoms with E-state index in [1.165, 1.54) is 15.8 Å². The van der Waals surface area contributed by atoms with Crippen molar-refractivity contribution < 1.29 is 0 Å². The van der Waals surface area contributed by atoms with Gasteiger partial charge in [0.1, 0.15) is 0 Å². The summed E-state index contributed by atoms with van der Waals surface area (Å²) < 4.78 is 1.20. The van der Waals surface area contributed by atoms with E-state index in [4.69, 9.17) is 0 Å².